The van der Waals surface area contributed by atoms with E-state index in [-0.39, 0.29) is 0 Å². The van der Waals surface area contributed by atoms with E-state index in [4.69, 9.17) is 4.74 Å². The van der Waals surface area contributed by atoms with Gasteiger partial charge in [-0.1, -0.05) is 131 Å². The van der Waals surface area contributed by atoms with Gasteiger partial charge in [0, 0.05) is 0 Å². The van der Waals surface area contributed by atoms with Crippen molar-refractivity contribution in [2.45, 2.75) is 223 Å². The van der Waals surface area contributed by atoms with Crippen LogP contribution in [-0.2, 0) is 4.74 Å². The summed E-state index contributed by atoms with van der Waals surface area (Å²) in [5.74, 6) is 11.1. The van der Waals surface area contributed by atoms with Crippen LogP contribution in [0.4, 0.5) is 0 Å². The van der Waals surface area contributed by atoms with Gasteiger partial charge < -0.3 is 4.74 Å². The van der Waals surface area contributed by atoms with Crippen molar-refractivity contribution >= 4 is 0 Å². The van der Waals surface area contributed by atoms with Crippen molar-refractivity contribution in [3.63, 3.8) is 0 Å². The van der Waals surface area contributed by atoms with E-state index in [1.165, 1.54) is 141 Å². The Kier molecular flexibility index (Phi) is 11.8. The quantitative estimate of drug-likeness (QED) is 0.180. The number of rotatable bonds is 12. The summed E-state index contributed by atoms with van der Waals surface area (Å²) in [5, 5.41) is 0. The summed E-state index contributed by atoms with van der Waals surface area (Å²) in [6.07, 6.45) is 37.7. The molecule has 0 aromatic carbocycles. The third-order valence-electron chi connectivity index (χ3n) is 20.9. The molecule has 8 aliphatic rings. The SMILES string of the molecule is CC(C)CCC[C@@H](C)[C@H]1CC[C@H]2[C@@H]3CC=C4C[C@@H](O[C@H]5CC[C@@]6(C)C(=CC[C@H]7[C@@H]8CC[C@H]([C@H](C)CCCC(C)C)[C@@]8(C)CC[C@@H]76)C5)CC[C@]4(C)[C@H]3CC[C@]12C. The largest absolute Gasteiger partial charge is 0.374 e. The molecular formula is C54H90O. The third-order valence-corrected chi connectivity index (χ3v) is 20.9. The fourth-order valence-corrected chi connectivity index (χ4v) is 17.8. The Labute approximate surface area is 342 Å². The van der Waals surface area contributed by atoms with Crippen LogP contribution < -0.4 is 0 Å². The topological polar surface area (TPSA) is 9.23 Å². The summed E-state index contributed by atoms with van der Waals surface area (Å²) in [6, 6.07) is 0. The minimum Gasteiger partial charge on any atom is -0.374 e. The van der Waals surface area contributed by atoms with Crippen molar-refractivity contribution < 1.29 is 4.74 Å². The monoisotopic (exact) mass is 755 g/mol. The van der Waals surface area contributed by atoms with Crippen molar-refractivity contribution in [3.05, 3.63) is 23.3 Å². The summed E-state index contributed by atoms with van der Waals surface area (Å²) in [7, 11) is 0. The fourth-order valence-electron chi connectivity index (χ4n) is 17.8. The number of ether oxygens (including phenoxy) is 1. The van der Waals surface area contributed by atoms with E-state index in [0.717, 1.165) is 71.0 Å². The maximum absolute atomic E-state index is 7.26. The molecule has 312 valence electrons. The second kappa shape index (κ2) is 15.8. The van der Waals surface area contributed by atoms with Gasteiger partial charge in [0.2, 0.25) is 0 Å². The van der Waals surface area contributed by atoms with Crippen LogP contribution >= 0.6 is 0 Å². The molecule has 0 amide bonds. The van der Waals surface area contributed by atoms with Crippen LogP contribution in [0.5, 0.6) is 0 Å². The van der Waals surface area contributed by atoms with Crippen LogP contribution in [0.2, 0.25) is 0 Å². The first-order valence-corrected chi connectivity index (χ1v) is 25.2. The lowest BCUT2D eigenvalue weighted by atomic mass is 9.46. The minimum atomic E-state index is 0.428. The van der Waals surface area contributed by atoms with Gasteiger partial charge in [-0.2, -0.15) is 0 Å². The molecule has 0 saturated heterocycles. The van der Waals surface area contributed by atoms with Gasteiger partial charge in [0.05, 0.1) is 12.2 Å². The van der Waals surface area contributed by atoms with Crippen LogP contribution in [0.25, 0.3) is 0 Å². The second-order valence-corrected chi connectivity index (χ2v) is 24.4. The maximum atomic E-state index is 7.26. The molecule has 1 nitrogen and oxygen atoms in total. The lowest BCUT2D eigenvalue weighted by Crippen LogP contribution is -2.52. The molecule has 1 heteroatoms. The molecule has 6 fully saturated rings. The second-order valence-electron chi connectivity index (χ2n) is 24.4. The van der Waals surface area contributed by atoms with Crippen molar-refractivity contribution in [3.8, 4) is 0 Å². The van der Waals surface area contributed by atoms with Gasteiger partial charge in [-0.25, -0.2) is 0 Å². The molecule has 55 heavy (non-hydrogen) atoms. The number of fused-ring (bicyclic) bond motifs is 10. The summed E-state index contributed by atoms with van der Waals surface area (Å²) in [5.41, 5.74) is 5.67. The highest BCUT2D eigenvalue weighted by atomic mass is 16.5. The zero-order chi connectivity index (χ0) is 38.9. The van der Waals surface area contributed by atoms with Crippen molar-refractivity contribution in [1.82, 2.24) is 0 Å². The first-order valence-electron chi connectivity index (χ1n) is 25.2. The Morgan fingerprint density at radius 1 is 0.509 bits per heavy atom. The smallest absolute Gasteiger partial charge is 0.0616 e. The normalized spacial score (nSPS) is 47.5. The Bertz CT molecular complexity index is 1300. The average Bonchev–Trinajstić information content (AvgIpc) is 3.68. The van der Waals surface area contributed by atoms with Gasteiger partial charge in [-0.15, -0.1) is 0 Å². The molecule has 6 saturated carbocycles. The van der Waals surface area contributed by atoms with Crippen LogP contribution in [-0.4, -0.2) is 12.2 Å². The van der Waals surface area contributed by atoms with Gasteiger partial charge in [-0.05, 0) is 195 Å². The molecule has 16 atom stereocenters. The number of allylic oxidation sites excluding steroid dienone is 2. The van der Waals surface area contributed by atoms with E-state index >= 15 is 0 Å². The Hall–Kier alpha value is -0.560. The van der Waals surface area contributed by atoms with Gasteiger partial charge in [-0.3, -0.25) is 0 Å². The Morgan fingerprint density at radius 3 is 1.33 bits per heavy atom. The van der Waals surface area contributed by atoms with Crippen molar-refractivity contribution in [1.29, 1.82) is 0 Å². The molecule has 0 heterocycles. The minimum absolute atomic E-state index is 0.428. The summed E-state index contributed by atoms with van der Waals surface area (Å²) >= 11 is 0. The Morgan fingerprint density at radius 2 is 0.927 bits per heavy atom. The maximum Gasteiger partial charge on any atom is 0.0616 e. The summed E-state index contributed by atoms with van der Waals surface area (Å²) < 4.78 is 7.26. The highest BCUT2D eigenvalue weighted by Gasteiger charge is 2.61. The molecule has 0 aromatic rings. The van der Waals surface area contributed by atoms with Gasteiger partial charge >= 0.3 is 0 Å². The van der Waals surface area contributed by atoms with E-state index in [9.17, 15) is 0 Å². The van der Waals surface area contributed by atoms with E-state index in [0.29, 0.717) is 33.9 Å². The van der Waals surface area contributed by atoms with Crippen LogP contribution in [0.15, 0.2) is 23.3 Å². The van der Waals surface area contributed by atoms with Gasteiger partial charge in [0.25, 0.3) is 0 Å². The lowest BCUT2D eigenvalue weighted by molar-refractivity contribution is -0.0927. The lowest BCUT2D eigenvalue weighted by Gasteiger charge is -2.59. The standard InChI is InChI=1S/C54H90O/c1-35(2)13-11-15-37(5)45-21-23-47-43-19-17-39-33-41(25-29-51(39,7)49(43)27-31-53(45,47)9)55-42-26-30-52(8)40(34-42)18-20-44-48-24-22-46(38(6)16-12-14-36(3)4)54(48,10)32-28-50(44)52/h17-18,35-38,41-50H,11-16,19-34H2,1-10H3/t37-,38-,41+,42+,43+,44+,45-,46-,47+,48+,49+,50+,51+,52+,53-,54-/m1/s1. The molecule has 0 unspecified atom stereocenters. The summed E-state index contributed by atoms with van der Waals surface area (Å²) in [4.78, 5) is 0. The van der Waals surface area contributed by atoms with Gasteiger partial charge in [0.15, 0.2) is 0 Å². The molecule has 0 spiro atoms. The van der Waals surface area contributed by atoms with E-state index in [1.807, 2.05) is 11.1 Å². The average molecular weight is 755 g/mol. The molecule has 0 aromatic heterocycles. The van der Waals surface area contributed by atoms with E-state index < -0.39 is 0 Å². The van der Waals surface area contributed by atoms with E-state index in [1.54, 1.807) is 0 Å². The third kappa shape index (κ3) is 7.27. The molecule has 8 rings (SSSR count). The zero-order valence-electron chi connectivity index (χ0n) is 38.2. The first kappa shape index (κ1) is 41.2. The molecule has 0 radical (unpaired) electrons. The van der Waals surface area contributed by atoms with Crippen LogP contribution in [0.3, 0.4) is 0 Å². The van der Waals surface area contributed by atoms with Crippen molar-refractivity contribution in [2.75, 3.05) is 0 Å². The van der Waals surface area contributed by atoms with Crippen LogP contribution in [0, 0.1) is 92.7 Å². The highest BCUT2D eigenvalue weighted by molar-refractivity contribution is 5.27. The van der Waals surface area contributed by atoms with E-state index in [2.05, 4.69) is 81.4 Å². The molecule has 0 bridgehead atoms. The highest BCUT2D eigenvalue weighted by Crippen LogP contribution is 2.69. The first-order chi connectivity index (χ1) is 26.2. The summed E-state index contributed by atoms with van der Waals surface area (Å²) in [6.45, 7) is 25.9. The van der Waals surface area contributed by atoms with Gasteiger partial charge in [0.1, 0.15) is 0 Å². The van der Waals surface area contributed by atoms with Crippen LogP contribution in [0.1, 0.15) is 210 Å². The Balaban J connectivity index is 0.872. The van der Waals surface area contributed by atoms with Crippen molar-refractivity contribution in [2.24, 2.45) is 92.7 Å². The predicted molar refractivity (Wildman–Crippen MR) is 235 cm³/mol. The molecule has 8 aliphatic carbocycles. The number of hydrogen-bond acceptors (Lipinski definition) is 1. The number of hydrogen-bond donors (Lipinski definition) is 0. The molecule has 0 aliphatic heterocycles. The fraction of sp³-hybridized carbons (Fsp3) is 0.926. The zero-order valence-corrected chi connectivity index (χ0v) is 38.2. The predicted octanol–water partition coefficient (Wildman–Crippen LogP) is 15.8. The molecular weight excluding hydrogens is 665 g/mol. The molecule has 0 N–H and O–H groups in total.